The zero-order chi connectivity index (χ0) is 18.7. The Morgan fingerprint density at radius 1 is 1.23 bits per heavy atom. The molecule has 6 heteroatoms. The molecule has 2 aromatic carbocycles. The van der Waals surface area contributed by atoms with Crippen molar-refractivity contribution in [3.05, 3.63) is 63.5 Å². The van der Waals surface area contributed by atoms with Crippen LogP contribution < -0.4 is 0 Å². The van der Waals surface area contributed by atoms with Crippen LogP contribution in [0, 0.1) is 0 Å². The second-order valence-electron chi connectivity index (χ2n) is 5.74. The minimum atomic E-state index is -0.121. The molecule has 0 aromatic heterocycles. The molecule has 0 saturated carbocycles. The van der Waals surface area contributed by atoms with E-state index in [1.165, 1.54) is 17.8 Å². The maximum absolute atomic E-state index is 12.7. The molecular formula is C20H19ClN2O2S. The third kappa shape index (κ3) is 3.79. The molecule has 1 heterocycles. The van der Waals surface area contributed by atoms with Crippen LogP contribution in [0.4, 0.5) is 5.69 Å². The number of aryl methyl sites for hydroxylation is 1. The zero-order valence-corrected chi connectivity index (χ0v) is 16.1. The molecule has 1 N–H and O–H groups in total. The molecule has 1 aliphatic heterocycles. The largest absolute Gasteiger partial charge is 0.507 e. The summed E-state index contributed by atoms with van der Waals surface area (Å²) in [4.78, 5) is 19.6. The van der Waals surface area contributed by atoms with Crippen LogP contribution in [0.3, 0.4) is 0 Å². The maximum atomic E-state index is 12.7. The number of amidine groups is 1. The van der Waals surface area contributed by atoms with Gasteiger partial charge in [0.1, 0.15) is 5.75 Å². The quantitative estimate of drug-likeness (QED) is 0.732. The number of halogens is 1. The highest BCUT2D eigenvalue weighted by Crippen LogP contribution is 2.36. The highest BCUT2D eigenvalue weighted by molar-refractivity contribution is 8.18. The molecule has 0 radical (unpaired) electrons. The van der Waals surface area contributed by atoms with Gasteiger partial charge in [0.15, 0.2) is 5.17 Å². The van der Waals surface area contributed by atoms with Crippen molar-refractivity contribution in [2.24, 2.45) is 4.99 Å². The molecule has 1 aliphatic rings. The van der Waals surface area contributed by atoms with E-state index < -0.39 is 0 Å². The minimum Gasteiger partial charge on any atom is -0.507 e. The Kier molecular flexibility index (Phi) is 5.69. The molecule has 1 fully saturated rings. The van der Waals surface area contributed by atoms with Crippen LogP contribution >= 0.6 is 23.4 Å². The van der Waals surface area contributed by atoms with Crippen LogP contribution in [-0.4, -0.2) is 27.6 Å². The van der Waals surface area contributed by atoms with Gasteiger partial charge in [0, 0.05) is 17.1 Å². The number of para-hydroxylation sites is 1. The average molecular weight is 387 g/mol. The summed E-state index contributed by atoms with van der Waals surface area (Å²) in [7, 11) is 0. The normalized spacial score (nSPS) is 17.5. The van der Waals surface area contributed by atoms with Crippen LogP contribution in [0.25, 0.3) is 6.08 Å². The van der Waals surface area contributed by atoms with E-state index in [9.17, 15) is 9.90 Å². The van der Waals surface area contributed by atoms with Crippen LogP contribution in [0.5, 0.6) is 5.75 Å². The van der Waals surface area contributed by atoms with Gasteiger partial charge in [-0.1, -0.05) is 36.7 Å². The predicted molar refractivity (Wildman–Crippen MR) is 109 cm³/mol. The number of hydrogen-bond donors (Lipinski definition) is 1. The average Bonchev–Trinajstić information content (AvgIpc) is 2.93. The highest BCUT2D eigenvalue weighted by Gasteiger charge is 2.32. The van der Waals surface area contributed by atoms with Gasteiger partial charge in [0.25, 0.3) is 5.91 Å². The fourth-order valence-electron chi connectivity index (χ4n) is 2.67. The van der Waals surface area contributed by atoms with Gasteiger partial charge in [-0.2, -0.15) is 0 Å². The first-order valence-electron chi connectivity index (χ1n) is 8.40. The molecule has 1 saturated heterocycles. The molecule has 3 rings (SSSR count). The predicted octanol–water partition coefficient (Wildman–Crippen LogP) is 5.23. The number of amides is 1. The molecule has 134 valence electrons. The number of phenols is 1. The number of aromatic hydroxyl groups is 1. The van der Waals surface area contributed by atoms with Crippen LogP contribution in [0.1, 0.15) is 25.0 Å². The number of nitrogens with zero attached hydrogens (tertiary/aromatic N) is 2. The lowest BCUT2D eigenvalue weighted by Gasteiger charge is -2.12. The first-order valence-corrected chi connectivity index (χ1v) is 9.59. The highest BCUT2D eigenvalue weighted by atomic mass is 35.5. The van der Waals surface area contributed by atoms with Gasteiger partial charge in [-0.15, -0.1) is 0 Å². The van der Waals surface area contributed by atoms with Crippen molar-refractivity contribution < 1.29 is 9.90 Å². The number of phenolic OH excluding ortho intramolecular Hbond substituents is 1. The number of thioether (sulfide) groups is 1. The zero-order valence-electron chi connectivity index (χ0n) is 14.6. The van der Waals surface area contributed by atoms with Crippen LogP contribution in [-0.2, 0) is 11.2 Å². The van der Waals surface area contributed by atoms with Gasteiger partial charge in [-0.25, -0.2) is 4.99 Å². The number of likely N-dealkylation sites (N-methyl/N-ethyl adjacent to an activating group) is 1. The smallest absolute Gasteiger partial charge is 0.266 e. The summed E-state index contributed by atoms with van der Waals surface area (Å²) in [5.41, 5.74) is 2.52. The lowest BCUT2D eigenvalue weighted by molar-refractivity contribution is -0.122. The van der Waals surface area contributed by atoms with Gasteiger partial charge >= 0.3 is 0 Å². The topological polar surface area (TPSA) is 52.9 Å². The third-order valence-corrected chi connectivity index (χ3v) is 5.31. The molecule has 0 atom stereocenters. The summed E-state index contributed by atoms with van der Waals surface area (Å²) in [6.07, 6.45) is 2.53. The molecule has 2 aromatic rings. The molecule has 0 spiro atoms. The summed E-state index contributed by atoms with van der Waals surface area (Å²) in [5.74, 6) is -0.0373. The lowest BCUT2D eigenvalue weighted by atomic mass is 10.1. The first-order chi connectivity index (χ1) is 12.5. The molecule has 0 bridgehead atoms. The van der Waals surface area contributed by atoms with Crippen molar-refractivity contribution in [2.45, 2.75) is 20.3 Å². The number of rotatable bonds is 4. The van der Waals surface area contributed by atoms with E-state index in [1.54, 1.807) is 23.1 Å². The van der Waals surface area contributed by atoms with Gasteiger partial charge in [0.2, 0.25) is 0 Å². The van der Waals surface area contributed by atoms with Crippen molar-refractivity contribution in [1.29, 1.82) is 0 Å². The van der Waals surface area contributed by atoms with E-state index in [-0.39, 0.29) is 11.7 Å². The first kappa shape index (κ1) is 18.5. The van der Waals surface area contributed by atoms with Gasteiger partial charge in [-0.3, -0.25) is 9.69 Å². The molecule has 4 nitrogen and oxygen atoms in total. The fourth-order valence-corrected chi connectivity index (χ4v) is 3.90. The Morgan fingerprint density at radius 2 is 2.00 bits per heavy atom. The summed E-state index contributed by atoms with van der Waals surface area (Å²) < 4.78 is 0. The van der Waals surface area contributed by atoms with Gasteiger partial charge in [0.05, 0.1) is 10.6 Å². The van der Waals surface area contributed by atoms with E-state index in [0.29, 0.717) is 27.2 Å². The second-order valence-corrected chi connectivity index (χ2v) is 7.19. The minimum absolute atomic E-state index is 0.0834. The Balaban J connectivity index is 1.99. The van der Waals surface area contributed by atoms with E-state index in [4.69, 9.17) is 16.6 Å². The van der Waals surface area contributed by atoms with Crippen LogP contribution in [0.2, 0.25) is 5.02 Å². The Morgan fingerprint density at radius 3 is 2.73 bits per heavy atom. The number of carbonyl (C=O) groups is 1. The number of aliphatic imine (C=N–C) groups is 1. The molecule has 26 heavy (non-hydrogen) atoms. The third-order valence-electron chi connectivity index (χ3n) is 4.07. The van der Waals surface area contributed by atoms with Crippen LogP contribution in [0.15, 0.2) is 52.4 Å². The summed E-state index contributed by atoms with van der Waals surface area (Å²) >= 11 is 7.31. The number of benzene rings is 2. The molecule has 0 aliphatic carbocycles. The van der Waals surface area contributed by atoms with Crippen molar-refractivity contribution in [2.75, 3.05) is 6.54 Å². The SMILES string of the molecule is CCc1ccccc1N=C1S/C(=C/c2cc(Cl)ccc2O)C(=O)N1CC. The summed E-state index contributed by atoms with van der Waals surface area (Å²) in [5, 5.41) is 11.2. The van der Waals surface area contributed by atoms with E-state index >= 15 is 0 Å². The van der Waals surface area contributed by atoms with E-state index in [2.05, 4.69) is 6.92 Å². The number of carbonyl (C=O) groups excluding carboxylic acids is 1. The van der Waals surface area contributed by atoms with Gasteiger partial charge in [-0.05, 0) is 61.0 Å². The molecular weight excluding hydrogens is 368 g/mol. The second kappa shape index (κ2) is 7.98. The maximum Gasteiger partial charge on any atom is 0.266 e. The van der Waals surface area contributed by atoms with E-state index in [0.717, 1.165) is 17.7 Å². The van der Waals surface area contributed by atoms with Crippen molar-refractivity contribution >= 4 is 46.2 Å². The van der Waals surface area contributed by atoms with Crippen molar-refractivity contribution in [3.63, 3.8) is 0 Å². The Bertz CT molecular complexity index is 908. The van der Waals surface area contributed by atoms with Crippen molar-refractivity contribution in [1.82, 2.24) is 4.90 Å². The Hall–Kier alpha value is -2.24. The molecule has 0 unspecified atom stereocenters. The summed E-state index contributed by atoms with van der Waals surface area (Å²) in [6.45, 7) is 4.52. The summed E-state index contributed by atoms with van der Waals surface area (Å²) in [6, 6.07) is 12.7. The Labute approximate surface area is 162 Å². The van der Waals surface area contributed by atoms with Crippen molar-refractivity contribution in [3.8, 4) is 5.75 Å². The standard InChI is InChI=1S/C20H19ClN2O2S/c1-3-13-7-5-6-8-16(13)22-20-23(4-2)19(25)18(26-20)12-14-11-15(21)9-10-17(14)24/h5-12,24H,3-4H2,1-2H3/b18-12+,22-20?. The number of hydrogen-bond acceptors (Lipinski definition) is 4. The fraction of sp³-hybridized carbons (Fsp3) is 0.200. The van der Waals surface area contributed by atoms with Gasteiger partial charge < -0.3 is 5.11 Å². The lowest BCUT2D eigenvalue weighted by Crippen LogP contribution is -2.28. The monoisotopic (exact) mass is 386 g/mol. The molecule has 1 amide bonds. The van der Waals surface area contributed by atoms with E-state index in [1.807, 2.05) is 31.2 Å².